The lowest BCUT2D eigenvalue weighted by molar-refractivity contribution is -0.149. The van der Waals surface area contributed by atoms with Crippen LogP contribution >= 0.6 is 11.6 Å². The summed E-state index contributed by atoms with van der Waals surface area (Å²) in [6.45, 7) is 5.82. The van der Waals surface area contributed by atoms with Crippen molar-refractivity contribution in [3.63, 3.8) is 0 Å². The second-order valence-corrected chi connectivity index (χ2v) is 5.85. The van der Waals surface area contributed by atoms with E-state index in [1.807, 2.05) is 13.8 Å². The Morgan fingerprint density at radius 2 is 2.05 bits per heavy atom. The largest absolute Gasteiger partial charge is 0.343 e. The summed E-state index contributed by atoms with van der Waals surface area (Å²) in [6, 6.07) is -0.941. The molecule has 116 valence electrons. The molecule has 1 aliphatic rings. The van der Waals surface area contributed by atoms with Crippen LogP contribution < -0.4 is 5.32 Å². The van der Waals surface area contributed by atoms with Gasteiger partial charge in [-0.25, -0.2) is 0 Å². The number of aromatic nitrogens is 2. The highest BCUT2D eigenvalue weighted by Gasteiger charge is 2.38. The Kier molecular flexibility index (Phi) is 4.56. The van der Waals surface area contributed by atoms with Crippen molar-refractivity contribution >= 4 is 23.4 Å². The summed E-state index contributed by atoms with van der Waals surface area (Å²) >= 11 is 6.26. The van der Waals surface area contributed by atoms with Crippen LogP contribution in [0, 0.1) is 6.92 Å². The first-order valence-corrected chi connectivity index (χ1v) is 7.53. The molecular weight excluding hydrogens is 292 g/mol. The summed E-state index contributed by atoms with van der Waals surface area (Å²) in [5.74, 6) is -0.179. The van der Waals surface area contributed by atoms with E-state index in [4.69, 9.17) is 11.6 Å². The lowest BCUT2D eigenvalue weighted by atomic mass is 10.0. The van der Waals surface area contributed by atoms with Crippen LogP contribution in [0.3, 0.4) is 0 Å². The molecule has 0 bridgehead atoms. The van der Waals surface area contributed by atoms with Crippen molar-refractivity contribution in [2.24, 2.45) is 7.05 Å². The van der Waals surface area contributed by atoms with Crippen LogP contribution in [0.15, 0.2) is 0 Å². The van der Waals surface area contributed by atoms with Crippen molar-refractivity contribution in [1.29, 1.82) is 0 Å². The number of amides is 2. The van der Waals surface area contributed by atoms with Gasteiger partial charge in [0.1, 0.15) is 12.1 Å². The molecule has 2 atom stereocenters. The molecule has 0 spiro atoms. The number of nitrogens with one attached hydrogen (secondary N) is 1. The van der Waals surface area contributed by atoms with E-state index >= 15 is 0 Å². The maximum Gasteiger partial charge on any atom is 0.245 e. The molecule has 0 aromatic carbocycles. The van der Waals surface area contributed by atoms with E-state index in [0.29, 0.717) is 18.0 Å². The highest BCUT2D eigenvalue weighted by atomic mass is 35.5. The number of hydrogen-bond donors (Lipinski definition) is 1. The van der Waals surface area contributed by atoms with E-state index < -0.39 is 12.1 Å². The normalized spacial score (nSPS) is 22.6. The number of aryl methyl sites for hydroxylation is 2. The molecule has 6 nitrogen and oxygen atoms in total. The Balaban J connectivity index is 2.32. The average Bonchev–Trinajstić information content (AvgIpc) is 2.66. The number of hydrogen-bond acceptors (Lipinski definition) is 3. The summed E-state index contributed by atoms with van der Waals surface area (Å²) in [5.41, 5.74) is 1.48. The van der Waals surface area contributed by atoms with Crippen LogP contribution in [0.4, 0.5) is 0 Å². The maximum absolute atomic E-state index is 12.4. The molecule has 0 aliphatic carbocycles. The van der Waals surface area contributed by atoms with Crippen molar-refractivity contribution in [3.05, 3.63) is 16.4 Å². The molecule has 1 fully saturated rings. The van der Waals surface area contributed by atoms with Crippen molar-refractivity contribution in [1.82, 2.24) is 20.0 Å². The van der Waals surface area contributed by atoms with Crippen LogP contribution in [0.5, 0.6) is 0 Å². The predicted octanol–water partition coefficient (Wildman–Crippen LogP) is 1.40. The summed E-state index contributed by atoms with van der Waals surface area (Å²) in [7, 11) is 1.79. The SMILES string of the molecule is CCCC1C(=O)NC(C)C(=O)N1Cc1c(Cl)c(C)nn1C. The van der Waals surface area contributed by atoms with Gasteiger partial charge in [-0.1, -0.05) is 24.9 Å². The summed E-state index contributed by atoms with van der Waals surface area (Å²) in [5, 5.41) is 7.54. The molecule has 1 aliphatic heterocycles. The van der Waals surface area contributed by atoms with Crippen molar-refractivity contribution in [2.75, 3.05) is 0 Å². The summed E-state index contributed by atoms with van der Waals surface area (Å²) in [6.07, 6.45) is 1.47. The number of rotatable bonds is 4. The molecule has 0 radical (unpaired) electrons. The number of carbonyl (C=O) groups is 2. The van der Waals surface area contributed by atoms with Gasteiger partial charge in [-0.15, -0.1) is 0 Å². The van der Waals surface area contributed by atoms with Crippen molar-refractivity contribution < 1.29 is 9.59 Å². The van der Waals surface area contributed by atoms with Gasteiger partial charge in [0, 0.05) is 7.05 Å². The van der Waals surface area contributed by atoms with Gasteiger partial charge in [0.25, 0.3) is 0 Å². The second-order valence-electron chi connectivity index (χ2n) is 5.47. The van der Waals surface area contributed by atoms with Gasteiger partial charge in [0.05, 0.1) is 23.0 Å². The fraction of sp³-hybridized carbons (Fsp3) is 0.643. The third kappa shape index (κ3) is 2.90. The van der Waals surface area contributed by atoms with Crippen LogP contribution in [0.25, 0.3) is 0 Å². The minimum absolute atomic E-state index is 0.0806. The number of nitrogens with zero attached hydrogens (tertiary/aromatic N) is 3. The quantitative estimate of drug-likeness (QED) is 0.914. The molecule has 0 saturated carbocycles. The fourth-order valence-electron chi connectivity index (χ4n) is 2.68. The minimum Gasteiger partial charge on any atom is -0.343 e. The Hall–Kier alpha value is -1.56. The van der Waals surface area contributed by atoms with E-state index in [-0.39, 0.29) is 11.8 Å². The van der Waals surface area contributed by atoms with E-state index in [1.165, 1.54) is 0 Å². The first kappa shape index (κ1) is 15.8. The van der Waals surface area contributed by atoms with Gasteiger partial charge in [-0.05, 0) is 20.3 Å². The standard InChI is InChI=1S/C14H21ClN4O2/c1-5-6-10-13(20)16-9(3)14(21)19(10)7-11-12(15)8(2)17-18(11)4/h9-10H,5-7H2,1-4H3,(H,16,20). The highest BCUT2D eigenvalue weighted by molar-refractivity contribution is 6.31. The first-order valence-electron chi connectivity index (χ1n) is 7.15. The molecule has 2 unspecified atom stereocenters. The molecule has 21 heavy (non-hydrogen) atoms. The summed E-state index contributed by atoms with van der Waals surface area (Å²) in [4.78, 5) is 26.2. The molecule has 2 heterocycles. The van der Waals surface area contributed by atoms with Gasteiger partial charge in [-0.2, -0.15) is 5.10 Å². The van der Waals surface area contributed by atoms with Gasteiger partial charge >= 0.3 is 0 Å². The van der Waals surface area contributed by atoms with Gasteiger partial charge < -0.3 is 10.2 Å². The zero-order chi connectivity index (χ0) is 15.7. The molecule has 7 heteroatoms. The third-order valence-corrected chi connectivity index (χ3v) is 4.33. The molecule has 1 saturated heterocycles. The lowest BCUT2D eigenvalue weighted by Crippen LogP contribution is -2.62. The highest BCUT2D eigenvalue weighted by Crippen LogP contribution is 2.24. The van der Waals surface area contributed by atoms with Crippen LogP contribution in [0.1, 0.15) is 38.1 Å². The zero-order valence-corrected chi connectivity index (χ0v) is 13.6. The molecule has 1 aromatic heterocycles. The molecule has 2 rings (SSSR count). The van der Waals surface area contributed by atoms with Crippen LogP contribution in [-0.2, 0) is 23.2 Å². The zero-order valence-electron chi connectivity index (χ0n) is 12.8. The number of piperazine rings is 1. The van der Waals surface area contributed by atoms with E-state index in [0.717, 1.165) is 17.8 Å². The van der Waals surface area contributed by atoms with E-state index in [1.54, 1.807) is 23.6 Å². The van der Waals surface area contributed by atoms with Crippen LogP contribution in [0.2, 0.25) is 5.02 Å². The minimum atomic E-state index is -0.501. The monoisotopic (exact) mass is 312 g/mol. The molecule has 1 N–H and O–H groups in total. The Bertz CT molecular complexity index is 570. The average molecular weight is 313 g/mol. The predicted molar refractivity (Wildman–Crippen MR) is 79.8 cm³/mol. The maximum atomic E-state index is 12.4. The van der Waals surface area contributed by atoms with E-state index in [9.17, 15) is 9.59 Å². The molecular formula is C14H21ClN4O2. The first-order chi connectivity index (χ1) is 9.86. The van der Waals surface area contributed by atoms with Crippen molar-refractivity contribution in [3.8, 4) is 0 Å². The number of halogens is 1. The molecule has 1 aromatic rings. The summed E-state index contributed by atoms with van der Waals surface area (Å²) < 4.78 is 1.67. The van der Waals surface area contributed by atoms with Gasteiger partial charge in [-0.3, -0.25) is 14.3 Å². The van der Waals surface area contributed by atoms with Gasteiger partial charge in [0.15, 0.2) is 0 Å². The fourth-order valence-corrected chi connectivity index (χ4v) is 2.90. The molecule has 2 amide bonds. The smallest absolute Gasteiger partial charge is 0.245 e. The van der Waals surface area contributed by atoms with Crippen molar-refractivity contribution in [2.45, 2.75) is 52.2 Å². The van der Waals surface area contributed by atoms with Crippen LogP contribution in [-0.4, -0.2) is 38.6 Å². The Morgan fingerprint density at radius 3 is 2.57 bits per heavy atom. The Labute approximate surface area is 129 Å². The Morgan fingerprint density at radius 1 is 1.38 bits per heavy atom. The van der Waals surface area contributed by atoms with Gasteiger partial charge in [0.2, 0.25) is 11.8 Å². The second kappa shape index (κ2) is 6.05. The lowest BCUT2D eigenvalue weighted by Gasteiger charge is -2.37. The third-order valence-electron chi connectivity index (χ3n) is 3.84. The topological polar surface area (TPSA) is 67.2 Å². The van der Waals surface area contributed by atoms with E-state index in [2.05, 4.69) is 10.4 Å². The number of carbonyl (C=O) groups excluding carboxylic acids is 2.